The van der Waals surface area contributed by atoms with Crippen molar-refractivity contribution in [3.63, 3.8) is 0 Å². The maximum Gasteiger partial charge on any atom is 0.416 e. The molecule has 0 bridgehead atoms. The summed E-state index contributed by atoms with van der Waals surface area (Å²) < 4.78 is 7.00. The van der Waals surface area contributed by atoms with Gasteiger partial charge < -0.3 is 4.74 Å². The van der Waals surface area contributed by atoms with Gasteiger partial charge in [-0.25, -0.2) is 14.3 Å². The van der Waals surface area contributed by atoms with Crippen LogP contribution in [0.2, 0.25) is 5.15 Å². The molecule has 0 aliphatic heterocycles. The summed E-state index contributed by atoms with van der Waals surface area (Å²) in [5, 5.41) is 4.42. The van der Waals surface area contributed by atoms with Crippen molar-refractivity contribution < 1.29 is 9.53 Å². The zero-order valence-corrected chi connectivity index (χ0v) is 14.2. The van der Waals surface area contributed by atoms with Gasteiger partial charge in [0.2, 0.25) is 0 Å². The van der Waals surface area contributed by atoms with E-state index in [-0.39, 0.29) is 11.7 Å². The fraction of sp³-hybridized carbons (Fsp3) is 0.312. The predicted molar refractivity (Wildman–Crippen MR) is 91.9 cm³/mol. The van der Waals surface area contributed by atoms with Crippen LogP contribution in [0.1, 0.15) is 26.3 Å². The van der Waals surface area contributed by atoms with Gasteiger partial charge in [0.25, 0.3) is 0 Å². The van der Waals surface area contributed by atoms with Gasteiger partial charge in [0.15, 0.2) is 5.82 Å². The molecule has 0 radical (unpaired) electrons. The molecule has 0 aliphatic rings. The normalized spacial score (nSPS) is 11.3. The van der Waals surface area contributed by atoms with Gasteiger partial charge in [-0.3, -0.25) is 4.90 Å². The summed E-state index contributed by atoms with van der Waals surface area (Å²) in [7, 11) is 0. The topological polar surface area (TPSA) is 59.7 Å². The maximum absolute atomic E-state index is 12.5. The first kappa shape index (κ1) is 17.0. The van der Waals surface area contributed by atoms with E-state index in [0.29, 0.717) is 11.3 Å². The van der Waals surface area contributed by atoms with Crippen molar-refractivity contribution in [3.05, 3.63) is 42.3 Å². The zero-order valence-electron chi connectivity index (χ0n) is 13.4. The van der Waals surface area contributed by atoms with Gasteiger partial charge >= 0.3 is 6.09 Å². The monoisotopic (exact) mass is 334 g/mol. The molecule has 0 saturated carbocycles. The summed E-state index contributed by atoms with van der Waals surface area (Å²) in [5.74, 6) is 0.346. The minimum absolute atomic E-state index is 0.212. The average Bonchev–Trinajstić information content (AvgIpc) is 2.84. The Morgan fingerprint density at radius 3 is 2.74 bits per heavy atom. The van der Waals surface area contributed by atoms with Crippen molar-refractivity contribution in [1.29, 1.82) is 0 Å². The molecule has 2 rings (SSSR count). The SMILES string of the molecule is C=CCN(C(=O)OC(C)(C)C)c1nc(Cl)cn2ncc(C=C)c12. The van der Waals surface area contributed by atoms with E-state index in [1.54, 1.807) is 49.8 Å². The highest BCUT2D eigenvalue weighted by molar-refractivity contribution is 6.29. The van der Waals surface area contributed by atoms with Crippen LogP contribution < -0.4 is 4.90 Å². The van der Waals surface area contributed by atoms with E-state index in [9.17, 15) is 4.79 Å². The third-order valence-electron chi connectivity index (χ3n) is 2.88. The maximum atomic E-state index is 12.5. The van der Waals surface area contributed by atoms with Gasteiger partial charge in [-0.2, -0.15) is 5.10 Å². The van der Waals surface area contributed by atoms with Crippen LogP contribution in [0.25, 0.3) is 11.6 Å². The Hall–Kier alpha value is -2.34. The van der Waals surface area contributed by atoms with Crippen molar-refractivity contribution in [3.8, 4) is 0 Å². The molecule has 0 aliphatic carbocycles. The van der Waals surface area contributed by atoms with Crippen LogP contribution >= 0.6 is 11.6 Å². The minimum Gasteiger partial charge on any atom is -0.443 e. The van der Waals surface area contributed by atoms with Crippen LogP contribution in [-0.2, 0) is 4.74 Å². The lowest BCUT2D eigenvalue weighted by atomic mass is 10.2. The molecule has 2 aromatic rings. The molecule has 6 nitrogen and oxygen atoms in total. The van der Waals surface area contributed by atoms with Crippen LogP contribution in [0.4, 0.5) is 10.6 Å². The lowest BCUT2D eigenvalue weighted by molar-refractivity contribution is 0.0583. The number of fused-ring (bicyclic) bond motifs is 1. The molecule has 7 heteroatoms. The van der Waals surface area contributed by atoms with Crippen LogP contribution in [0.5, 0.6) is 0 Å². The fourth-order valence-electron chi connectivity index (χ4n) is 2.02. The first-order valence-electron chi connectivity index (χ1n) is 7.04. The van der Waals surface area contributed by atoms with Crippen LogP contribution in [-0.4, -0.2) is 32.8 Å². The van der Waals surface area contributed by atoms with E-state index in [1.165, 1.54) is 4.90 Å². The lowest BCUT2D eigenvalue weighted by Crippen LogP contribution is -2.37. The number of nitrogens with zero attached hydrogens (tertiary/aromatic N) is 4. The number of hydrogen-bond donors (Lipinski definition) is 0. The Morgan fingerprint density at radius 2 is 2.17 bits per heavy atom. The molecule has 0 atom stereocenters. The van der Waals surface area contributed by atoms with Gasteiger partial charge in [-0.1, -0.05) is 30.3 Å². The number of ether oxygens (including phenoxy) is 1. The van der Waals surface area contributed by atoms with E-state index in [2.05, 4.69) is 23.2 Å². The average molecular weight is 335 g/mol. The van der Waals surface area contributed by atoms with Gasteiger partial charge in [0.1, 0.15) is 16.3 Å². The Labute approximate surface area is 140 Å². The number of carbonyl (C=O) groups is 1. The molecule has 0 aromatic carbocycles. The number of aromatic nitrogens is 3. The summed E-state index contributed by atoms with van der Waals surface area (Å²) >= 11 is 6.06. The number of halogens is 1. The van der Waals surface area contributed by atoms with Crippen LogP contribution in [0.15, 0.2) is 31.6 Å². The second-order valence-corrected chi connectivity index (χ2v) is 6.25. The first-order valence-corrected chi connectivity index (χ1v) is 7.42. The van der Waals surface area contributed by atoms with E-state index in [0.717, 1.165) is 5.56 Å². The van der Waals surface area contributed by atoms with E-state index < -0.39 is 11.7 Å². The molecular weight excluding hydrogens is 316 g/mol. The molecule has 0 unspecified atom stereocenters. The second-order valence-electron chi connectivity index (χ2n) is 5.86. The Bertz CT molecular complexity index is 761. The smallest absolute Gasteiger partial charge is 0.416 e. The van der Waals surface area contributed by atoms with Crippen LogP contribution in [0, 0.1) is 0 Å². The summed E-state index contributed by atoms with van der Waals surface area (Å²) in [6, 6.07) is 0. The molecule has 0 spiro atoms. The quantitative estimate of drug-likeness (QED) is 0.794. The molecule has 2 aromatic heterocycles. The highest BCUT2D eigenvalue weighted by atomic mass is 35.5. The third kappa shape index (κ3) is 3.71. The van der Waals surface area contributed by atoms with Gasteiger partial charge in [0.05, 0.1) is 12.4 Å². The van der Waals surface area contributed by atoms with E-state index in [4.69, 9.17) is 16.3 Å². The molecule has 23 heavy (non-hydrogen) atoms. The van der Waals surface area contributed by atoms with Crippen molar-refractivity contribution in [2.75, 3.05) is 11.4 Å². The van der Waals surface area contributed by atoms with Crippen LogP contribution in [0.3, 0.4) is 0 Å². The standard InChI is InChI=1S/C16H19ClN4O2/c1-6-8-20(15(22)23-16(3,4)5)14-13-11(7-2)9-18-21(13)10-12(17)19-14/h6-7,9-10H,1-2,8H2,3-5H3. The minimum atomic E-state index is -0.632. The highest BCUT2D eigenvalue weighted by Gasteiger charge is 2.26. The summed E-state index contributed by atoms with van der Waals surface area (Å²) in [5.41, 5.74) is 0.728. The van der Waals surface area contributed by atoms with E-state index in [1.807, 2.05) is 0 Å². The lowest BCUT2D eigenvalue weighted by Gasteiger charge is -2.26. The van der Waals surface area contributed by atoms with Gasteiger partial charge in [0, 0.05) is 12.1 Å². The number of amides is 1. The highest BCUT2D eigenvalue weighted by Crippen LogP contribution is 2.27. The van der Waals surface area contributed by atoms with Crippen molar-refractivity contribution >= 4 is 35.1 Å². The van der Waals surface area contributed by atoms with Crippen molar-refractivity contribution in [1.82, 2.24) is 14.6 Å². The second kappa shape index (κ2) is 6.42. The van der Waals surface area contributed by atoms with Gasteiger partial charge in [-0.15, -0.1) is 6.58 Å². The summed E-state index contributed by atoms with van der Waals surface area (Å²) in [6.45, 7) is 13.1. The fourth-order valence-corrected chi connectivity index (χ4v) is 2.19. The van der Waals surface area contributed by atoms with Gasteiger partial charge in [-0.05, 0) is 20.8 Å². The van der Waals surface area contributed by atoms with Crippen molar-refractivity contribution in [2.45, 2.75) is 26.4 Å². The molecule has 0 N–H and O–H groups in total. The molecule has 122 valence electrons. The molecule has 1 amide bonds. The van der Waals surface area contributed by atoms with E-state index >= 15 is 0 Å². The number of anilines is 1. The number of rotatable bonds is 4. The molecule has 0 fully saturated rings. The molecule has 2 heterocycles. The largest absolute Gasteiger partial charge is 0.443 e. The first-order chi connectivity index (χ1) is 10.8. The number of hydrogen-bond acceptors (Lipinski definition) is 4. The summed E-state index contributed by atoms with van der Waals surface area (Å²) in [6.07, 6.45) is 5.89. The molecular formula is C16H19ClN4O2. The zero-order chi connectivity index (χ0) is 17.2. The number of carbonyl (C=O) groups excluding carboxylic acids is 1. The Morgan fingerprint density at radius 1 is 1.48 bits per heavy atom. The third-order valence-corrected chi connectivity index (χ3v) is 3.06. The Balaban J connectivity index is 2.60. The molecule has 0 saturated heterocycles. The summed E-state index contributed by atoms with van der Waals surface area (Å²) in [4.78, 5) is 18.2. The Kier molecular flexibility index (Phi) is 4.75. The predicted octanol–water partition coefficient (Wildman–Crippen LogP) is 3.95. The van der Waals surface area contributed by atoms with Crippen molar-refractivity contribution in [2.24, 2.45) is 0 Å².